The smallest absolute Gasteiger partial charge is 0.155 e. The molecule has 1 aromatic carbocycles. The van der Waals surface area contributed by atoms with Crippen molar-refractivity contribution in [2.24, 2.45) is 10.7 Å². The van der Waals surface area contributed by atoms with Gasteiger partial charge < -0.3 is 10.5 Å². The molecule has 1 aliphatic rings. The lowest BCUT2D eigenvalue weighted by Crippen LogP contribution is -2.10. The number of unbranched alkanes of at least 4 members (excludes halogenated alkanes) is 2. The van der Waals surface area contributed by atoms with Crippen LogP contribution in [0.25, 0.3) is 0 Å². The molecule has 2 heterocycles. The van der Waals surface area contributed by atoms with Crippen LogP contribution in [0.5, 0.6) is 5.75 Å². The fraction of sp³-hybridized carbons (Fsp3) is 0.294. The lowest BCUT2D eigenvalue weighted by molar-refractivity contribution is 0.305. The topological polar surface area (TPSA) is 71.5 Å². The van der Waals surface area contributed by atoms with E-state index in [1.807, 2.05) is 18.2 Å². The number of nitrogens with two attached hydrogens (primary N) is 1. The molecule has 0 unspecified atom stereocenters. The fourth-order valence-electron chi connectivity index (χ4n) is 2.51. The average Bonchev–Trinajstić information content (AvgIpc) is 3.12. The first kappa shape index (κ1) is 14.8. The van der Waals surface area contributed by atoms with Gasteiger partial charge in [-0.2, -0.15) is 11.3 Å². The van der Waals surface area contributed by atoms with E-state index in [0.29, 0.717) is 12.4 Å². The van der Waals surface area contributed by atoms with Gasteiger partial charge in [-0.3, -0.25) is 5.41 Å². The van der Waals surface area contributed by atoms with Gasteiger partial charge in [-0.15, -0.1) is 0 Å². The van der Waals surface area contributed by atoms with Crippen LogP contribution in [0.4, 0.5) is 0 Å². The molecule has 1 aliphatic heterocycles. The second-order valence-electron chi connectivity index (χ2n) is 5.34. The van der Waals surface area contributed by atoms with Crippen molar-refractivity contribution in [1.29, 1.82) is 5.41 Å². The summed E-state index contributed by atoms with van der Waals surface area (Å²) in [7, 11) is 0. The predicted octanol–water partition coefficient (Wildman–Crippen LogP) is 3.58. The highest BCUT2D eigenvalue weighted by atomic mass is 32.1. The summed E-state index contributed by atoms with van der Waals surface area (Å²) >= 11 is 1.75. The predicted molar refractivity (Wildman–Crippen MR) is 91.4 cm³/mol. The van der Waals surface area contributed by atoms with Gasteiger partial charge in [0.2, 0.25) is 0 Å². The maximum atomic E-state index is 7.77. The van der Waals surface area contributed by atoms with Gasteiger partial charge >= 0.3 is 0 Å². The molecular weight excluding hydrogens is 294 g/mol. The van der Waals surface area contributed by atoms with Crippen LogP contribution in [0.15, 0.2) is 40.0 Å². The van der Waals surface area contributed by atoms with Gasteiger partial charge in [0.1, 0.15) is 11.6 Å². The zero-order valence-corrected chi connectivity index (χ0v) is 13.2. The van der Waals surface area contributed by atoms with Crippen LogP contribution in [0.1, 0.15) is 36.0 Å². The fourth-order valence-corrected chi connectivity index (χ4v) is 3.21. The SMILES string of the molecule is N=C1N=C(N)c2ccc(OCCCCCc3ccsc3)cc21. The Morgan fingerprint density at radius 1 is 1.14 bits per heavy atom. The van der Waals surface area contributed by atoms with Crippen molar-refractivity contribution in [2.45, 2.75) is 25.7 Å². The van der Waals surface area contributed by atoms with Crippen molar-refractivity contribution in [3.8, 4) is 5.75 Å². The summed E-state index contributed by atoms with van der Waals surface area (Å²) in [4.78, 5) is 3.97. The summed E-state index contributed by atoms with van der Waals surface area (Å²) in [6.45, 7) is 0.700. The normalized spacial score (nSPS) is 13.1. The van der Waals surface area contributed by atoms with E-state index in [4.69, 9.17) is 15.9 Å². The van der Waals surface area contributed by atoms with Crippen molar-refractivity contribution in [3.63, 3.8) is 0 Å². The van der Waals surface area contributed by atoms with E-state index in [-0.39, 0.29) is 5.84 Å². The van der Waals surface area contributed by atoms with Gasteiger partial charge in [0.25, 0.3) is 0 Å². The summed E-state index contributed by atoms with van der Waals surface area (Å²) < 4.78 is 5.77. The van der Waals surface area contributed by atoms with Gasteiger partial charge in [0.15, 0.2) is 5.84 Å². The summed E-state index contributed by atoms with van der Waals surface area (Å²) in [6, 6.07) is 7.81. The highest BCUT2D eigenvalue weighted by molar-refractivity contribution is 7.07. The van der Waals surface area contributed by atoms with Crippen LogP contribution in [0.2, 0.25) is 0 Å². The number of hydrogen-bond donors (Lipinski definition) is 2. The van der Waals surface area contributed by atoms with E-state index in [1.165, 1.54) is 12.0 Å². The number of fused-ring (bicyclic) bond motifs is 1. The van der Waals surface area contributed by atoms with Gasteiger partial charge in [-0.1, -0.05) is 0 Å². The highest BCUT2D eigenvalue weighted by Gasteiger charge is 2.18. The second kappa shape index (κ2) is 6.75. The van der Waals surface area contributed by atoms with E-state index in [2.05, 4.69) is 21.8 Å². The first-order chi connectivity index (χ1) is 10.7. The molecule has 22 heavy (non-hydrogen) atoms. The maximum absolute atomic E-state index is 7.77. The first-order valence-corrected chi connectivity index (χ1v) is 8.40. The number of thiophene rings is 1. The van der Waals surface area contributed by atoms with E-state index >= 15 is 0 Å². The minimum absolute atomic E-state index is 0.216. The number of nitrogens with one attached hydrogen (secondary N) is 1. The minimum Gasteiger partial charge on any atom is -0.494 e. The molecule has 3 rings (SSSR count). The Balaban J connectivity index is 1.41. The molecule has 1 aromatic heterocycles. The summed E-state index contributed by atoms with van der Waals surface area (Å²) in [5.74, 6) is 1.42. The monoisotopic (exact) mass is 313 g/mol. The van der Waals surface area contributed by atoms with E-state index in [1.54, 1.807) is 11.3 Å². The highest BCUT2D eigenvalue weighted by Crippen LogP contribution is 2.23. The Hall–Kier alpha value is -2.14. The number of ether oxygens (including phenoxy) is 1. The first-order valence-electron chi connectivity index (χ1n) is 7.45. The van der Waals surface area contributed by atoms with Crippen molar-refractivity contribution < 1.29 is 4.74 Å². The number of aliphatic imine (C=N–C) groups is 1. The third kappa shape index (κ3) is 3.36. The van der Waals surface area contributed by atoms with E-state index in [9.17, 15) is 0 Å². The number of rotatable bonds is 7. The standard InChI is InChI=1S/C17H19N3OS/c18-16-14-6-5-13(10-15(14)17(19)20-16)21-8-3-1-2-4-12-7-9-22-11-12/h5-7,9-11H,1-4,8H2,(H3,18,19,20). The van der Waals surface area contributed by atoms with Crippen molar-refractivity contribution in [3.05, 3.63) is 51.7 Å². The summed E-state index contributed by atoms with van der Waals surface area (Å²) in [5.41, 5.74) is 8.77. The lowest BCUT2D eigenvalue weighted by Gasteiger charge is -2.08. The zero-order valence-electron chi connectivity index (χ0n) is 12.3. The third-order valence-corrected chi connectivity index (χ3v) is 4.45. The number of hydrogen-bond acceptors (Lipinski definition) is 4. The lowest BCUT2D eigenvalue weighted by atomic mass is 10.1. The number of amidine groups is 2. The largest absolute Gasteiger partial charge is 0.494 e. The Morgan fingerprint density at radius 2 is 2.05 bits per heavy atom. The summed E-state index contributed by atoms with van der Waals surface area (Å²) in [5, 5.41) is 12.1. The summed E-state index contributed by atoms with van der Waals surface area (Å²) in [6.07, 6.45) is 4.54. The maximum Gasteiger partial charge on any atom is 0.155 e. The molecule has 5 heteroatoms. The quantitative estimate of drug-likeness (QED) is 0.767. The van der Waals surface area contributed by atoms with E-state index < -0.39 is 0 Å². The Kier molecular flexibility index (Phi) is 4.53. The van der Waals surface area contributed by atoms with Crippen LogP contribution in [0.3, 0.4) is 0 Å². The molecule has 0 spiro atoms. The molecule has 114 valence electrons. The molecule has 4 nitrogen and oxygen atoms in total. The van der Waals surface area contributed by atoms with Gasteiger partial charge in [0, 0.05) is 11.1 Å². The van der Waals surface area contributed by atoms with Gasteiger partial charge in [0.05, 0.1) is 6.61 Å². The Bertz CT molecular complexity index is 692. The minimum atomic E-state index is 0.216. The molecule has 0 fully saturated rings. The van der Waals surface area contributed by atoms with Crippen molar-refractivity contribution in [1.82, 2.24) is 0 Å². The van der Waals surface area contributed by atoms with Crippen LogP contribution >= 0.6 is 11.3 Å². The van der Waals surface area contributed by atoms with E-state index in [0.717, 1.165) is 36.1 Å². The Morgan fingerprint density at radius 3 is 2.86 bits per heavy atom. The number of benzene rings is 1. The molecule has 0 amide bonds. The average molecular weight is 313 g/mol. The van der Waals surface area contributed by atoms with Gasteiger partial charge in [-0.05, 0) is 66.3 Å². The zero-order chi connectivity index (χ0) is 15.4. The van der Waals surface area contributed by atoms with Crippen molar-refractivity contribution >= 4 is 23.0 Å². The molecule has 0 bridgehead atoms. The number of nitrogens with zero attached hydrogens (tertiary/aromatic N) is 1. The second-order valence-corrected chi connectivity index (χ2v) is 6.12. The third-order valence-electron chi connectivity index (χ3n) is 3.71. The Labute approximate surface area is 134 Å². The molecular formula is C17H19N3OS. The molecule has 0 saturated carbocycles. The van der Waals surface area contributed by atoms with Crippen molar-refractivity contribution in [2.75, 3.05) is 6.61 Å². The number of aryl methyl sites for hydroxylation is 1. The van der Waals surface area contributed by atoms with Crippen LogP contribution in [-0.4, -0.2) is 18.3 Å². The molecule has 0 saturated heterocycles. The molecule has 3 N–H and O–H groups in total. The van der Waals surface area contributed by atoms with Crippen LogP contribution < -0.4 is 10.5 Å². The molecule has 2 aromatic rings. The van der Waals surface area contributed by atoms with Gasteiger partial charge in [-0.25, -0.2) is 4.99 Å². The molecule has 0 radical (unpaired) electrons. The molecule has 0 atom stereocenters. The molecule has 0 aliphatic carbocycles. The van der Waals surface area contributed by atoms with Crippen LogP contribution in [-0.2, 0) is 6.42 Å². The van der Waals surface area contributed by atoms with Crippen LogP contribution in [0, 0.1) is 5.41 Å².